The summed E-state index contributed by atoms with van der Waals surface area (Å²) in [5.74, 6) is 0. The van der Waals surface area contributed by atoms with Crippen LogP contribution in [0.2, 0.25) is 5.02 Å². The summed E-state index contributed by atoms with van der Waals surface area (Å²) in [6.07, 6.45) is 2.32. The Morgan fingerprint density at radius 3 is 2.60 bits per heavy atom. The van der Waals surface area contributed by atoms with Gasteiger partial charge in [0.05, 0.1) is 4.90 Å². The van der Waals surface area contributed by atoms with Crippen molar-refractivity contribution in [3.8, 4) is 0 Å². The smallest absolute Gasteiger partial charge is 0.175 e. The van der Waals surface area contributed by atoms with E-state index in [0.29, 0.717) is 17.9 Å². The van der Waals surface area contributed by atoms with E-state index in [4.69, 9.17) is 16.7 Å². The lowest BCUT2D eigenvalue weighted by atomic mass is 10.1. The van der Waals surface area contributed by atoms with Crippen LogP contribution in [-0.4, -0.2) is 26.4 Å². The number of benzene rings is 1. The third-order valence-corrected chi connectivity index (χ3v) is 3.53. The Bertz CT molecular complexity index is 440. The molecule has 5 heteroatoms. The molecule has 0 unspecified atom stereocenters. The summed E-state index contributed by atoms with van der Waals surface area (Å²) >= 11 is 5.91. The Morgan fingerprint density at radius 2 is 2.07 bits per heavy atom. The van der Waals surface area contributed by atoms with Crippen LogP contribution in [0.4, 0.5) is 0 Å². The number of aryl methyl sites for hydroxylation is 1. The zero-order valence-electron chi connectivity index (χ0n) is 8.40. The summed E-state index contributed by atoms with van der Waals surface area (Å²) in [6, 6.07) is 4.62. The molecule has 0 saturated carbocycles. The van der Waals surface area contributed by atoms with E-state index in [2.05, 4.69) is 0 Å². The molecule has 0 fully saturated rings. The molecule has 1 aromatic carbocycles. The second-order valence-electron chi connectivity index (χ2n) is 3.35. The standard InChI is InChI=1S/C10H13ClO3S/c1-15(13,14)9-4-5-10(11)8(7-9)3-2-6-12/h4-5,7,12H,2-3,6H2,1H3. The normalized spacial score (nSPS) is 11.7. The molecule has 3 nitrogen and oxygen atoms in total. The van der Waals surface area contributed by atoms with E-state index in [0.717, 1.165) is 11.8 Å². The van der Waals surface area contributed by atoms with Crippen LogP contribution in [0.3, 0.4) is 0 Å². The number of aliphatic hydroxyl groups is 1. The maximum absolute atomic E-state index is 11.3. The van der Waals surface area contributed by atoms with E-state index < -0.39 is 9.84 Å². The topological polar surface area (TPSA) is 54.4 Å². The molecule has 0 saturated heterocycles. The fraction of sp³-hybridized carbons (Fsp3) is 0.400. The van der Waals surface area contributed by atoms with Crippen LogP contribution >= 0.6 is 11.6 Å². The minimum atomic E-state index is -3.19. The van der Waals surface area contributed by atoms with Crippen molar-refractivity contribution in [1.29, 1.82) is 0 Å². The largest absolute Gasteiger partial charge is 0.396 e. The molecule has 1 aromatic rings. The van der Waals surface area contributed by atoms with Crippen LogP contribution in [0.15, 0.2) is 23.1 Å². The van der Waals surface area contributed by atoms with E-state index in [1.54, 1.807) is 12.1 Å². The van der Waals surface area contributed by atoms with E-state index in [1.165, 1.54) is 6.07 Å². The van der Waals surface area contributed by atoms with Gasteiger partial charge in [-0.2, -0.15) is 0 Å². The lowest BCUT2D eigenvalue weighted by Gasteiger charge is -2.05. The average molecular weight is 249 g/mol. The molecule has 0 aliphatic carbocycles. The Kier molecular flexibility index (Phi) is 4.13. The summed E-state index contributed by atoms with van der Waals surface area (Å²) in [5.41, 5.74) is 0.758. The number of sulfone groups is 1. The Labute approximate surface area is 94.6 Å². The maximum atomic E-state index is 11.3. The van der Waals surface area contributed by atoms with Crippen molar-refractivity contribution in [2.45, 2.75) is 17.7 Å². The molecule has 0 atom stereocenters. The van der Waals surface area contributed by atoms with Crippen LogP contribution < -0.4 is 0 Å². The molecule has 1 rings (SSSR count). The highest BCUT2D eigenvalue weighted by atomic mass is 35.5. The SMILES string of the molecule is CS(=O)(=O)c1ccc(Cl)c(CCCO)c1. The van der Waals surface area contributed by atoms with E-state index >= 15 is 0 Å². The van der Waals surface area contributed by atoms with Gasteiger partial charge in [0.1, 0.15) is 0 Å². The van der Waals surface area contributed by atoms with Crippen molar-refractivity contribution in [3.05, 3.63) is 28.8 Å². The van der Waals surface area contributed by atoms with Crippen molar-refractivity contribution in [1.82, 2.24) is 0 Å². The minimum Gasteiger partial charge on any atom is -0.396 e. The van der Waals surface area contributed by atoms with E-state index in [1.807, 2.05) is 0 Å². The van der Waals surface area contributed by atoms with Gasteiger partial charge in [0.15, 0.2) is 9.84 Å². The molecule has 15 heavy (non-hydrogen) atoms. The van der Waals surface area contributed by atoms with Gasteiger partial charge >= 0.3 is 0 Å². The molecular formula is C10H13ClO3S. The zero-order chi connectivity index (χ0) is 11.5. The molecule has 0 bridgehead atoms. The van der Waals surface area contributed by atoms with Crippen molar-refractivity contribution in [2.75, 3.05) is 12.9 Å². The highest BCUT2D eigenvalue weighted by Crippen LogP contribution is 2.21. The molecule has 0 amide bonds. The molecule has 84 valence electrons. The van der Waals surface area contributed by atoms with Gasteiger partial charge in [-0.1, -0.05) is 11.6 Å². The first-order valence-electron chi connectivity index (χ1n) is 4.54. The Hall–Kier alpha value is -0.580. The lowest BCUT2D eigenvalue weighted by Crippen LogP contribution is -1.99. The predicted molar refractivity (Wildman–Crippen MR) is 60.0 cm³/mol. The van der Waals surface area contributed by atoms with Crippen molar-refractivity contribution in [2.24, 2.45) is 0 Å². The third-order valence-electron chi connectivity index (χ3n) is 2.05. The summed E-state index contributed by atoms with van der Waals surface area (Å²) in [6.45, 7) is 0.0689. The molecular weight excluding hydrogens is 236 g/mol. The van der Waals surface area contributed by atoms with Gasteiger partial charge in [-0.3, -0.25) is 0 Å². The first kappa shape index (κ1) is 12.5. The second-order valence-corrected chi connectivity index (χ2v) is 5.78. The fourth-order valence-electron chi connectivity index (χ4n) is 1.24. The third kappa shape index (κ3) is 3.48. The van der Waals surface area contributed by atoms with Crippen molar-refractivity contribution >= 4 is 21.4 Å². The average Bonchev–Trinajstić information content (AvgIpc) is 2.15. The molecule has 0 spiro atoms. The van der Waals surface area contributed by atoms with Gasteiger partial charge in [0.2, 0.25) is 0 Å². The number of hydrogen-bond acceptors (Lipinski definition) is 3. The van der Waals surface area contributed by atoms with Crippen molar-refractivity contribution in [3.63, 3.8) is 0 Å². The monoisotopic (exact) mass is 248 g/mol. The fourth-order valence-corrected chi connectivity index (χ4v) is 2.13. The molecule has 0 radical (unpaired) electrons. The number of hydrogen-bond donors (Lipinski definition) is 1. The van der Waals surface area contributed by atoms with Gasteiger partial charge in [0.25, 0.3) is 0 Å². The predicted octanol–water partition coefficient (Wildman–Crippen LogP) is 1.67. The van der Waals surface area contributed by atoms with Crippen LogP contribution in [0, 0.1) is 0 Å². The number of halogens is 1. The lowest BCUT2D eigenvalue weighted by molar-refractivity contribution is 0.288. The maximum Gasteiger partial charge on any atom is 0.175 e. The van der Waals surface area contributed by atoms with Gasteiger partial charge < -0.3 is 5.11 Å². The number of rotatable bonds is 4. The zero-order valence-corrected chi connectivity index (χ0v) is 9.98. The first-order chi connectivity index (χ1) is 6.95. The molecule has 0 aliphatic heterocycles. The first-order valence-corrected chi connectivity index (χ1v) is 6.81. The number of aliphatic hydroxyl groups excluding tert-OH is 1. The summed E-state index contributed by atoms with van der Waals surface area (Å²) in [5, 5.41) is 9.22. The Morgan fingerprint density at radius 1 is 1.40 bits per heavy atom. The van der Waals surface area contributed by atoms with Crippen LogP contribution in [0.5, 0.6) is 0 Å². The Balaban J connectivity index is 3.06. The second kappa shape index (κ2) is 4.96. The minimum absolute atomic E-state index is 0.0689. The molecule has 0 aromatic heterocycles. The molecule has 1 N–H and O–H groups in total. The van der Waals surface area contributed by atoms with E-state index in [9.17, 15) is 8.42 Å². The van der Waals surface area contributed by atoms with Crippen LogP contribution in [0.25, 0.3) is 0 Å². The summed E-state index contributed by atoms with van der Waals surface area (Å²) in [7, 11) is -3.19. The highest BCUT2D eigenvalue weighted by Gasteiger charge is 2.09. The quantitative estimate of drug-likeness (QED) is 0.882. The van der Waals surface area contributed by atoms with Gasteiger partial charge in [0, 0.05) is 17.9 Å². The van der Waals surface area contributed by atoms with Crippen LogP contribution in [-0.2, 0) is 16.3 Å². The molecule has 0 aliphatic rings. The van der Waals surface area contributed by atoms with E-state index in [-0.39, 0.29) is 11.5 Å². The van der Waals surface area contributed by atoms with Gasteiger partial charge in [-0.15, -0.1) is 0 Å². The summed E-state index contributed by atoms with van der Waals surface area (Å²) in [4.78, 5) is 0.264. The highest BCUT2D eigenvalue weighted by molar-refractivity contribution is 7.90. The van der Waals surface area contributed by atoms with Crippen molar-refractivity contribution < 1.29 is 13.5 Å². The molecule has 0 heterocycles. The van der Waals surface area contributed by atoms with Gasteiger partial charge in [-0.25, -0.2) is 8.42 Å². The van der Waals surface area contributed by atoms with Gasteiger partial charge in [-0.05, 0) is 36.6 Å². The summed E-state index contributed by atoms with van der Waals surface area (Å²) < 4.78 is 22.6. The van der Waals surface area contributed by atoms with Crippen LogP contribution in [0.1, 0.15) is 12.0 Å².